The zero-order valence-electron chi connectivity index (χ0n) is 26.1. The van der Waals surface area contributed by atoms with E-state index in [1.54, 1.807) is 30.3 Å². The summed E-state index contributed by atoms with van der Waals surface area (Å²) >= 11 is 0. The van der Waals surface area contributed by atoms with Crippen LogP contribution in [-0.2, 0) is 13.0 Å². The Balaban J connectivity index is 1.21. The molecule has 3 aromatic heterocycles. The Labute approximate surface area is 271 Å². The highest BCUT2D eigenvalue weighted by atomic mass is 16.6. The summed E-state index contributed by atoms with van der Waals surface area (Å²) in [7, 11) is 0. The molecule has 0 bridgehead atoms. The van der Waals surface area contributed by atoms with Crippen LogP contribution in [0.3, 0.4) is 0 Å². The van der Waals surface area contributed by atoms with Gasteiger partial charge < -0.3 is 23.2 Å². The molecule has 0 fully saturated rings. The third-order valence-electron chi connectivity index (χ3n) is 6.97. The smallest absolute Gasteiger partial charge is 0.307 e. The lowest BCUT2D eigenvalue weighted by molar-refractivity contribution is -0.385. The predicted octanol–water partition coefficient (Wildman–Crippen LogP) is 7.25. The van der Waals surface area contributed by atoms with E-state index < -0.39 is 10.8 Å². The molecule has 0 unspecified atom stereocenters. The van der Waals surface area contributed by atoms with Gasteiger partial charge in [-0.1, -0.05) is 6.08 Å². The van der Waals surface area contributed by atoms with Crippen LogP contribution in [0.5, 0.6) is 23.1 Å². The van der Waals surface area contributed by atoms with Crippen molar-refractivity contribution in [3.05, 3.63) is 136 Å². The van der Waals surface area contributed by atoms with Crippen molar-refractivity contribution >= 4 is 17.8 Å². The lowest BCUT2D eigenvalue weighted by atomic mass is 10.1. The first-order valence-electron chi connectivity index (χ1n) is 14.7. The van der Waals surface area contributed by atoms with Crippen LogP contribution < -0.4 is 19.6 Å². The summed E-state index contributed by atoms with van der Waals surface area (Å²) in [5.74, 6) is 1.65. The molecule has 0 saturated heterocycles. The second kappa shape index (κ2) is 14.7. The summed E-state index contributed by atoms with van der Waals surface area (Å²) in [5, 5.41) is 15.1. The summed E-state index contributed by atoms with van der Waals surface area (Å²) in [4.78, 5) is 27.2. The van der Waals surface area contributed by atoms with Crippen LogP contribution in [-0.4, -0.2) is 33.2 Å². The van der Waals surface area contributed by atoms with Gasteiger partial charge in [0.1, 0.15) is 24.3 Å². The number of nitro groups is 1. The van der Waals surface area contributed by atoms with Crippen molar-refractivity contribution in [2.45, 2.75) is 33.8 Å². The first-order valence-corrected chi connectivity index (χ1v) is 14.7. The van der Waals surface area contributed by atoms with Gasteiger partial charge in [0.15, 0.2) is 17.3 Å². The fourth-order valence-electron chi connectivity index (χ4n) is 4.81. The number of benzene rings is 2. The van der Waals surface area contributed by atoms with Crippen LogP contribution in [0, 0.1) is 24.0 Å². The van der Waals surface area contributed by atoms with Gasteiger partial charge in [-0.15, -0.1) is 6.58 Å². The van der Waals surface area contributed by atoms with Crippen molar-refractivity contribution < 1.29 is 28.3 Å². The third-order valence-corrected chi connectivity index (χ3v) is 6.97. The normalized spacial score (nSPS) is 11.0. The average molecular weight is 636 g/mol. The quantitative estimate of drug-likeness (QED) is 0.0582. The van der Waals surface area contributed by atoms with Gasteiger partial charge in [0.25, 0.3) is 5.69 Å². The molecule has 5 aromatic rings. The number of hydrazone groups is 1. The summed E-state index contributed by atoms with van der Waals surface area (Å²) in [6, 6.07) is 21.4. The maximum Gasteiger partial charge on any atom is 0.307 e. The average Bonchev–Trinajstić information content (AvgIpc) is 3.68. The maximum absolute atomic E-state index is 12.7. The zero-order valence-corrected chi connectivity index (χ0v) is 26.1. The highest BCUT2D eigenvalue weighted by molar-refractivity contribution is 5.92. The van der Waals surface area contributed by atoms with Gasteiger partial charge >= 0.3 is 5.91 Å². The molecule has 2 aromatic carbocycles. The highest BCUT2D eigenvalue weighted by Crippen LogP contribution is 2.36. The number of nitrogens with one attached hydrogen (secondary N) is 1. The topological polar surface area (TPSA) is 143 Å². The van der Waals surface area contributed by atoms with E-state index in [-0.39, 0.29) is 23.9 Å². The number of hydrogen-bond acceptors (Lipinski definition) is 9. The number of amides is 1. The fourth-order valence-corrected chi connectivity index (χ4v) is 4.81. The summed E-state index contributed by atoms with van der Waals surface area (Å²) < 4.78 is 25.5. The van der Waals surface area contributed by atoms with Crippen molar-refractivity contribution in [2.75, 3.05) is 6.61 Å². The van der Waals surface area contributed by atoms with E-state index in [2.05, 4.69) is 52.6 Å². The third kappa shape index (κ3) is 7.92. The number of pyridine rings is 1. The second-order valence-corrected chi connectivity index (χ2v) is 10.3. The van der Waals surface area contributed by atoms with Crippen LogP contribution in [0.2, 0.25) is 0 Å². The molecule has 0 aliphatic rings. The number of aryl methyl sites for hydroxylation is 2. The van der Waals surface area contributed by atoms with Gasteiger partial charge in [-0.2, -0.15) is 5.10 Å². The number of carbonyl (C=O) groups is 1. The molecule has 0 aliphatic carbocycles. The van der Waals surface area contributed by atoms with Crippen LogP contribution in [0.1, 0.15) is 45.8 Å². The highest BCUT2D eigenvalue weighted by Gasteiger charge is 2.16. The predicted molar refractivity (Wildman–Crippen MR) is 176 cm³/mol. The molecule has 3 heterocycles. The largest absolute Gasteiger partial charge is 0.490 e. The Morgan fingerprint density at radius 2 is 1.83 bits per heavy atom. The van der Waals surface area contributed by atoms with Gasteiger partial charge in [-0.25, -0.2) is 10.4 Å². The number of carbonyl (C=O) groups excluding carboxylic acids is 1. The minimum atomic E-state index is -0.536. The first-order chi connectivity index (χ1) is 22.7. The van der Waals surface area contributed by atoms with Crippen molar-refractivity contribution in [1.29, 1.82) is 0 Å². The minimum absolute atomic E-state index is 0.0800. The van der Waals surface area contributed by atoms with E-state index in [0.717, 1.165) is 23.3 Å². The Morgan fingerprint density at radius 1 is 1.06 bits per heavy atom. The SMILES string of the molecule is C=CCc1cc(/C=N/NC(=O)c2ccc(COc3ccc(-n4c(C)ccc4C)cc3)o2)cc(OCC)c1Oc1ccc([N+](=O)[O-])cn1. The van der Waals surface area contributed by atoms with Crippen molar-refractivity contribution in [3.63, 3.8) is 0 Å². The molecule has 0 radical (unpaired) electrons. The first kappa shape index (κ1) is 32.2. The zero-order chi connectivity index (χ0) is 33.3. The van der Waals surface area contributed by atoms with E-state index in [1.165, 1.54) is 18.3 Å². The van der Waals surface area contributed by atoms with Crippen LogP contribution >= 0.6 is 0 Å². The van der Waals surface area contributed by atoms with Gasteiger partial charge in [-0.3, -0.25) is 14.9 Å². The van der Waals surface area contributed by atoms with Crippen LogP contribution in [0.25, 0.3) is 5.69 Å². The van der Waals surface area contributed by atoms with Gasteiger partial charge in [0.2, 0.25) is 5.88 Å². The molecule has 12 heteroatoms. The summed E-state index contributed by atoms with van der Waals surface area (Å²) in [6.45, 7) is 10.3. The lowest BCUT2D eigenvalue weighted by Gasteiger charge is -2.15. The lowest BCUT2D eigenvalue weighted by Crippen LogP contribution is -2.16. The molecule has 5 rings (SSSR count). The van der Waals surface area contributed by atoms with E-state index in [9.17, 15) is 14.9 Å². The van der Waals surface area contributed by atoms with E-state index in [1.807, 2.05) is 31.2 Å². The standard InChI is InChI=1S/C35H33N5O7/c1-5-7-26-18-25(19-32(44-6-2)34(26)47-33-17-12-28(21-36-33)40(42)43)20-37-38-35(41)31-16-15-30(46-31)22-45-29-13-10-27(11-14-29)39-23(3)8-9-24(39)4/h5,8-21H,1,6-7,22H2,2-4H3,(H,38,41)/b37-20+. The molecule has 47 heavy (non-hydrogen) atoms. The van der Waals surface area contributed by atoms with E-state index in [0.29, 0.717) is 47.2 Å². The molecular formula is C35H33N5O7. The number of aromatic nitrogens is 2. The summed E-state index contributed by atoms with van der Waals surface area (Å²) in [5.41, 5.74) is 6.99. The van der Waals surface area contributed by atoms with E-state index in [4.69, 9.17) is 18.6 Å². The molecule has 0 saturated carbocycles. The molecule has 12 nitrogen and oxygen atoms in total. The molecule has 0 spiro atoms. The Bertz CT molecular complexity index is 1890. The maximum atomic E-state index is 12.7. The van der Waals surface area contributed by atoms with Gasteiger partial charge in [0.05, 0.1) is 17.7 Å². The number of rotatable bonds is 14. The number of allylic oxidation sites excluding steroid dienone is 1. The molecule has 1 amide bonds. The molecule has 240 valence electrons. The Morgan fingerprint density at radius 3 is 2.49 bits per heavy atom. The Kier molecular flexibility index (Phi) is 10.1. The van der Waals surface area contributed by atoms with Gasteiger partial charge in [0, 0.05) is 34.8 Å². The van der Waals surface area contributed by atoms with E-state index >= 15 is 0 Å². The van der Waals surface area contributed by atoms with Crippen LogP contribution in [0.4, 0.5) is 5.69 Å². The monoisotopic (exact) mass is 635 g/mol. The van der Waals surface area contributed by atoms with Crippen molar-refractivity contribution in [1.82, 2.24) is 15.0 Å². The molecule has 0 atom stereocenters. The van der Waals surface area contributed by atoms with Crippen molar-refractivity contribution in [3.8, 4) is 28.8 Å². The molecule has 0 aliphatic heterocycles. The van der Waals surface area contributed by atoms with Gasteiger partial charge in [-0.05, 0) is 93.4 Å². The number of nitrogens with zero attached hydrogens (tertiary/aromatic N) is 4. The van der Waals surface area contributed by atoms with Crippen molar-refractivity contribution in [2.24, 2.45) is 5.10 Å². The second-order valence-electron chi connectivity index (χ2n) is 10.3. The molecular weight excluding hydrogens is 602 g/mol. The summed E-state index contributed by atoms with van der Waals surface area (Å²) in [6.07, 6.45) is 4.70. The Hall–Kier alpha value is -6.17. The fraction of sp³-hybridized carbons (Fsp3) is 0.171. The van der Waals surface area contributed by atoms with Crippen LogP contribution in [0.15, 0.2) is 101 Å². The number of ether oxygens (including phenoxy) is 3. The molecule has 1 N–H and O–H groups in total. The minimum Gasteiger partial charge on any atom is -0.490 e. The number of hydrogen-bond donors (Lipinski definition) is 1. The number of furan rings is 1.